The predicted molar refractivity (Wildman–Crippen MR) is 59.2 cm³/mol. The van der Waals surface area contributed by atoms with E-state index in [0.29, 0.717) is 23.9 Å². The highest BCUT2D eigenvalue weighted by Gasteiger charge is 2.19. The van der Waals surface area contributed by atoms with Gasteiger partial charge in [0.25, 0.3) is 0 Å². The van der Waals surface area contributed by atoms with Gasteiger partial charge in [0.05, 0.1) is 18.2 Å². The number of rotatable bonds is 3. The molecule has 1 aliphatic heterocycles. The van der Waals surface area contributed by atoms with E-state index in [1.54, 1.807) is 0 Å². The molecular weight excluding hydrogens is 214 g/mol. The van der Waals surface area contributed by atoms with Crippen LogP contribution in [0.1, 0.15) is 12.0 Å². The number of nitrogens with two attached hydrogens (primary N) is 1. The Hall–Kier alpha value is -0.770. The molecule has 2 rings (SSSR count). The molecule has 15 heavy (non-hydrogen) atoms. The Labute approximate surface area is 94.1 Å². The van der Waals surface area contributed by atoms with Crippen molar-refractivity contribution in [1.29, 1.82) is 0 Å². The summed E-state index contributed by atoms with van der Waals surface area (Å²) in [6, 6.07) is 5.62. The second-order valence-corrected chi connectivity index (χ2v) is 3.94. The Balaban J connectivity index is 2.17. The first-order chi connectivity index (χ1) is 7.31. The van der Waals surface area contributed by atoms with Gasteiger partial charge >= 0.3 is 0 Å². The normalized spacial score (nSPS) is 20.5. The van der Waals surface area contributed by atoms with Crippen molar-refractivity contribution < 1.29 is 9.47 Å². The van der Waals surface area contributed by atoms with Gasteiger partial charge in [0.15, 0.2) is 0 Å². The van der Waals surface area contributed by atoms with Crippen LogP contribution < -0.4 is 10.5 Å². The largest absolute Gasteiger partial charge is 0.486 e. The standard InChI is InChI=1S/C11H14ClNO2/c12-10-3-1-2-8(6-13)11(10)15-9-4-5-14-7-9/h1-3,9H,4-7,13H2. The third kappa shape index (κ3) is 2.43. The van der Waals surface area contributed by atoms with Crippen LogP contribution in [0.25, 0.3) is 0 Å². The maximum atomic E-state index is 6.07. The molecule has 1 fully saturated rings. The molecule has 0 spiro atoms. The first-order valence-electron chi connectivity index (χ1n) is 5.03. The maximum absolute atomic E-state index is 6.07. The molecule has 1 saturated heterocycles. The van der Waals surface area contributed by atoms with E-state index in [9.17, 15) is 0 Å². The first-order valence-corrected chi connectivity index (χ1v) is 5.41. The lowest BCUT2D eigenvalue weighted by Crippen LogP contribution is -2.17. The van der Waals surface area contributed by atoms with E-state index in [0.717, 1.165) is 18.6 Å². The summed E-state index contributed by atoms with van der Waals surface area (Å²) in [6.45, 7) is 1.83. The molecule has 1 aromatic rings. The highest BCUT2D eigenvalue weighted by molar-refractivity contribution is 6.32. The minimum atomic E-state index is 0.107. The van der Waals surface area contributed by atoms with Gasteiger partial charge in [-0.15, -0.1) is 0 Å². The SMILES string of the molecule is NCc1cccc(Cl)c1OC1CCOC1. The van der Waals surface area contributed by atoms with Gasteiger partial charge < -0.3 is 15.2 Å². The minimum absolute atomic E-state index is 0.107. The molecule has 0 amide bonds. The smallest absolute Gasteiger partial charge is 0.142 e. The molecule has 1 atom stereocenters. The molecule has 0 aromatic heterocycles. The number of benzene rings is 1. The zero-order chi connectivity index (χ0) is 10.7. The molecule has 0 radical (unpaired) electrons. The van der Waals surface area contributed by atoms with E-state index >= 15 is 0 Å². The third-order valence-corrected chi connectivity index (χ3v) is 2.74. The Morgan fingerprint density at radius 2 is 2.40 bits per heavy atom. The Kier molecular flexibility index (Phi) is 3.46. The van der Waals surface area contributed by atoms with Gasteiger partial charge in [-0.25, -0.2) is 0 Å². The number of hydrogen-bond acceptors (Lipinski definition) is 3. The zero-order valence-electron chi connectivity index (χ0n) is 8.41. The van der Waals surface area contributed by atoms with Crippen LogP contribution in [0.4, 0.5) is 0 Å². The van der Waals surface area contributed by atoms with Crippen LogP contribution in [0, 0.1) is 0 Å². The molecule has 0 bridgehead atoms. The topological polar surface area (TPSA) is 44.5 Å². The molecule has 82 valence electrons. The summed E-state index contributed by atoms with van der Waals surface area (Å²) in [4.78, 5) is 0. The summed E-state index contributed by atoms with van der Waals surface area (Å²) < 4.78 is 11.0. The van der Waals surface area contributed by atoms with Crippen LogP contribution in [0.5, 0.6) is 5.75 Å². The lowest BCUT2D eigenvalue weighted by Gasteiger charge is -2.16. The highest BCUT2D eigenvalue weighted by Crippen LogP contribution is 2.30. The average molecular weight is 228 g/mol. The number of para-hydroxylation sites is 1. The quantitative estimate of drug-likeness (QED) is 0.859. The lowest BCUT2D eigenvalue weighted by molar-refractivity contribution is 0.140. The van der Waals surface area contributed by atoms with Crippen LogP contribution in [0.2, 0.25) is 5.02 Å². The first kappa shape index (κ1) is 10.7. The van der Waals surface area contributed by atoms with Crippen LogP contribution in [0.15, 0.2) is 18.2 Å². The van der Waals surface area contributed by atoms with Gasteiger partial charge in [-0.2, -0.15) is 0 Å². The van der Waals surface area contributed by atoms with Crippen molar-refractivity contribution in [3.8, 4) is 5.75 Å². The zero-order valence-corrected chi connectivity index (χ0v) is 9.17. The fourth-order valence-electron chi connectivity index (χ4n) is 1.62. The predicted octanol–water partition coefficient (Wildman–Crippen LogP) is 1.97. The number of hydrogen-bond donors (Lipinski definition) is 1. The van der Waals surface area contributed by atoms with Crippen LogP contribution >= 0.6 is 11.6 Å². The minimum Gasteiger partial charge on any atom is -0.486 e. The third-order valence-electron chi connectivity index (χ3n) is 2.44. The fraction of sp³-hybridized carbons (Fsp3) is 0.455. The van der Waals surface area contributed by atoms with Crippen molar-refractivity contribution in [2.24, 2.45) is 5.73 Å². The van der Waals surface area contributed by atoms with Crippen molar-refractivity contribution in [1.82, 2.24) is 0 Å². The summed E-state index contributed by atoms with van der Waals surface area (Å²) in [5.41, 5.74) is 6.56. The van der Waals surface area contributed by atoms with Crippen molar-refractivity contribution in [3.05, 3.63) is 28.8 Å². The Bertz CT molecular complexity index is 337. The van der Waals surface area contributed by atoms with Gasteiger partial charge in [0.1, 0.15) is 11.9 Å². The summed E-state index contributed by atoms with van der Waals surface area (Å²) in [7, 11) is 0. The van der Waals surface area contributed by atoms with Crippen molar-refractivity contribution >= 4 is 11.6 Å². The van der Waals surface area contributed by atoms with Crippen molar-refractivity contribution in [2.45, 2.75) is 19.1 Å². The van der Waals surface area contributed by atoms with Crippen molar-refractivity contribution in [2.75, 3.05) is 13.2 Å². The van der Waals surface area contributed by atoms with E-state index in [-0.39, 0.29) is 6.10 Å². The van der Waals surface area contributed by atoms with Gasteiger partial charge in [-0.3, -0.25) is 0 Å². The van der Waals surface area contributed by atoms with Crippen molar-refractivity contribution in [3.63, 3.8) is 0 Å². The molecule has 3 nitrogen and oxygen atoms in total. The van der Waals surface area contributed by atoms with E-state index in [1.807, 2.05) is 18.2 Å². The van der Waals surface area contributed by atoms with Gasteiger partial charge in [0, 0.05) is 18.5 Å². The van der Waals surface area contributed by atoms with E-state index in [1.165, 1.54) is 0 Å². The molecule has 2 N–H and O–H groups in total. The summed E-state index contributed by atoms with van der Waals surface area (Å²) in [5, 5.41) is 0.616. The van der Waals surface area contributed by atoms with Crippen LogP contribution in [0.3, 0.4) is 0 Å². The molecule has 0 saturated carbocycles. The second kappa shape index (κ2) is 4.84. The average Bonchev–Trinajstić information content (AvgIpc) is 2.74. The molecular formula is C11H14ClNO2. The highest BCUT2D eigenvalue weighted by atomic mass is 35.5. The maximum Gasteiger partial charge on any atom is 0.142 e. The number of halogens is 1. The summed E-state index contributed by atoms with van der Waals surface area (Å²) in [6.07, 6.45) is 1.02. The fourth-order valence-corrected chi connectivity index (χ4v) is 1.86. The van der Waals surface area contributed by atoms with E-state index < -0.39 is 0 Å². The van der Waals surface area contributed by atoms with Crippen LogP contribution in [-0.2, 0) is 11.3 Å². The Morgan fingerprint density at radius 3 is 3.07 bits per heavy atom. The molecule has 1 aromatic carbocycles. The molecule has 1 aliphatic rings. The van der Waals surface area contributed by atoms with E-state index in [2.05, 4.69) is 0 Å². The molecule has 1 unspecified atom stereocenters. The summed E-state index contributed by atoms with van der Waals surface area (Å²) in [5.74, 6) is 0.706. The van der Waals surface area contributed by atoms with Gasteiger partial charge in [0.2, 0.25) is 0 Å². The van der Waals surface area contributed by atoms with Gasteiger partial charge in [-0.1, -0.05) is 23.7 Å². The Morgan fingerprint density at radius 1 is 1.53 bits per heavy atom. The second-order valence-electron chi connectivity index (χ2n) is 3.54. The molecule has 1 heterocycles. The molecule has 4 heteroatoms. The van der Waals surface area contributed by atoms with E-state index in [4.69, 9.17) is 26.8 Å². The van der Waals surface area contributed by atoms with Gasteiger partial charge in [-0.05, 0) is 6.07 Å². The number of ether oxygens (including phenoxy) is 2. The monoisotopic (exact) mass is 227 g/mol. The van der Waals surface area contributed by atoms with Crippen LogP contribution in [-0.4, -0.2) is 19.3 Å². The summed E-state index contributed by atoms with van der Waals surface area (Å²) >= 11 is 6.07. The molecule has 0 aliphatic carbocycles. The lowest BCUT2D eigenvalue weighted by atomic mass is 10.2.